The normalized spacial score (nSPS) is 10.3. The van der Waals surface area contributed by atoms with Gasteiger partial charge in [0.25, 0.3) is 5.69 Å². The molecule has 0 saturated carbocycles. The molecule has 2 aromatic rings. The number of nitro groups is 1. The van der Waals surface area contributed by atoms with Crippen molar-refractivity contribution in [2.45, 2.75) is 6.42 Å². The van der Waals surface area contributed by atoms with Crippen LogP contribution in [0.25, 0.3) is 0 Å². The summed E-state index contributed by atoms with van der Waals surface area (Å²) >= 11 is 0. The van der Waals surface area contributed by atoms with E-state index in [-0.39, 0.29) is 12.2 Å². The summed E-state index contributed by atoms with van der Waals surface area (Å²) in [5.41, 5.74) is -1.19. The second kappa shape index (κ2) is 6.04. The van der Waals surface area contributed by atoms with Crippen LogP contribution in [0.4, 0.5) is 15.8 Å². The number of carboxylic acids is 1. The number of benzene rings is 1. The first-order chi connectivity index (χ1) is 9.99. The Bertz CT molecular complexity index is 669. The number of hydrogen-bond acceptors (Lipinski definition) is 5. The number of nitro benzene ring substituents is 1. The molecule has 0 unspecified atom stereocenters. The molecule has 110 valence electrons. The van der Waals surface area contributed by atoms with Crippen LogP contribution < -0.4 is 5.32 Å². The summed E-state index contributed by atoms with van der Waals surface area (Å²) in [6.45, 7) is 0.277. The molecule has 0 aliphatic carbocycles. The van der Waals surface area contributed by atoms with Gasteiger partial charge in [-0.1, -0.05) is 0 Å². The van der Waals surface area contributed by atoms with Crippen molar-refractivity contribution in [2.24, 2.45) is 0 Å². The number of aromatic carboxylic acids is 1. The fourth-order valence-corrected chi connectivity index (χ4v) is 1.79. The third-order valence-electron chi connectivity index (χ3n) is 2.78. The number of nitrogens with zero attached hydrogens (tertiary/aromatic N) is 1. The number of hydrogen-bond donors (Lipinski definition) is 2. The van der Waals surface area contributed by atoms with Crippen molar-refractivity contribution in [1.29, 1.82) is 0 Å². The molecule has 0 bridgehead atoms. The lowest BCUT2D eigenvalue weighted by Crippen LogP contribution is -2.09. The van der Waals surface area contributed by atoms with Gasteiger partial charge in [-0.25, -0.2) is 9.18 Å². The lowest BCUT2D eigenvalue weighted by Gasteiger charge is -2.08. The molecule has 1 heterocycles. The maximum absolute atomic E-state index is 13.5. The second-order valence-electron chi connectivity index (χ2n) is 4.17. The fourth-order valence-electron chi connectivity index (χ4n) is 1.79. The van der Waals surface area contributed by atoms with Gasteiger partial charge in [-0.05, 0) is 18.2 Å². The molecule has 7 nitrogen and oxygen atoms in total. The Kier molecular flexibility index (Phi) is 4.17. The van der Waals surface area contributed by atoms with Crippen LogP contribution >= 0.6 is 0 Å². The Morgan fingerprint density at radius 1 is 1.48 bits per heavy atom. The molecule has 0 atom stereocenters. The molecule has 21 heavy (non-hydrogen) atoms. The molecule has 0 amide bonds. The fraction of sp³-hybridized carbons (Fsp3) is 0.154. The van der Waals surface area contributed by atoms with E-state index in [2.05, 4.69) is 5.32 Å². The van der Waals surface area contributed by atoms with Gasteiger partial charge in [0.2, 0.25) is 0 Å². The minimum absolute atomic E-state index is 0.0506. The number of halogens is 1. The van der Waals surface area contributed by atoms with Crippen LogP contribution in [0.3, 0.4) is 0 Å². The Labute approximate surface area is 118 Å². The third-order valence-corrected chi connectivity index (χ3v) is 2.78. The van der Waals surface area contributed by atoms with Gasteiger partial charge in [-0.3, -0.25) is 10.1 Å². The average Bonchev–Trinajstić information content (AvgIpc) is 2.92. The topological polar surface area (TPSA) is 106 Å². The average molecular weight is 294 g/mol. The molecule has 1 aromatic heterocycles. The van der Waals surface area contributed by atoms with Crippen LogP contribution in [0.5, 0.6) is 0 Å². The van der Waals surface area contributed by atoms with Crippen LogP contribution in [-0.2, 0) is 6.42 Å². The lowest BCUT2D eigenvalue weighted by molar-refractivity contribution is -0.384. The van der Waals surface area contributed by atoms with Crippen molar-refractivity contribution in [1.82, 2.24) is 0 Å². The Morgan fingerprint density at radius 3 is 2.81 bits per heavy atom. The van der Waals surface area contributed by atoms with Crippen molar-refractivity contribution in [3.63, 3.8) is 0 Å². The summed E-state index contributed by atoms with van der Waals surface area (Å²) in [6, 6.07) is 4.96. The smallest absolute Gasteiger partial charge is 0.338 e. The highest BCUT2D eigenvalue weighted by Gasteiger charge is 2.21. The second-order valence-corrected chi connectivity index (χ2v) is 4.17. The largest absolute Gasteiger partial charge is 0.478 e. The molecule has 0 radical (unpaired) electrons. The van der Waals surface area contributed by atoms with Gasteiger partial charge in [0.15, 0.2) is 0 Å². The number of nitrogens with one attached hydrogen (secondary N) is 1. The number of anilines is 1. The molecular weight excluding hydrogens is 283 g/mol. The first-order valence-corrected chi connectivity index (χ1v) is 5.96. The summed E-state index contributed by atoms with van der Waals surface area (Å²) in [6.07, 6.45) is 1.95. The quantitative estimate of drug-likeness (QED) is 0.626. The van der Waals surface area contributed by atoms with Crippen molar-refractivity contribution in [3.05, 3.63) is 57.8 Å². The number of carboxylic acid groups (broad SMARTS) is 1. The van der Waals surface area contributed by atoms with Crippen LogP contribution in [-0.4, -0.2) is 22.5 Å². The highest BCUT2D eigenvalue weighted by Crippen LogP contribution is 2.27. The van der Waals surface area contributed by atoms with Gasteiger partial charge in [-0.2, -0.15) is 0 Å². The Morgan fingerprint density at radius 2 is 2.24 bits per heavy atom. The first kappa shape index (κ1) is 14.5. The molecular formula is C13H11FN2O5. The predicted octanol–water partition coefficient (Wildman–Crippen LogP) is 2.68. The van der Waals surface area contributed by atoms with E-state index in [1.165, 1.54) is 6.26 Å². The van der Waals surface area contributed by atoms with Crippen molar-refractivity contribution < 1.29 is 23.6 Å². The minimum atomic E-state index is -1.49. The van der Waals surface area contributed by atoms with Crippen molar-refractivity contribution in [3.8, 4) is 0 Å². The van der Waals surface area contributed by atoms with Crippen molar-refractivity contribution in [2.75, 3.05) is 11.9 Å². The first-order valence-electron chi connectivity index (χ1n) is 5.96. The van der Waals surface area contributed by atoms with Crippen LogP contribution in [0.1, 0.15) is 16.1 Å². The van der Waals surface area contributed by atoms with Crippen molar-refractivity contribution >= 4 is 17.3 Å². The summed E-state index contributed by atoms with van der Waals surface area (Å²) < 4.78 is 18.6. The molecule has 0 saturated heterocycles. The van der Waals surface area contributed by atoms with Gasteiger partial charge < -0.3 is 14.8 Å². The molecule has 0 spiro atoms. The van der Waals surface area contributed by atoms with Crippen LogP contribution in [0, 0.1) is 15.9 Å². The molecule has 0 aliphatic heterocycles. The van der Waals surface area contributed by atoms with E-state index in [1.54, 1.807) is 12.1 Å². The maximum atomic E-state index is 13.5. The Balaban J connectivity index is 2.21. The molecule has 2 rings (SSSR count). The van der Waals surface area contributed by atoms with Gasteiger partial charge in [-0.15, -0.1) is 0 Å². The van der Waals surface area contributed by atoms with Gasteiger partial charge in [0, 0.05) is 13.0 Å². The van der Waals surface area contributed by atoms with E-state index >= 15 is 0 Å². The highest BCUT2D eigenvalue weighted by molar-refractivity contribution is 5.90. The van der Waals surface area contributed by atoms with Gasteiger partial charge in [0.1, 0.15) is 17.3 Å². The molecule has 0 fully saturated rings. The molecule has 8 heteroatoms. The van der Waals surface area contributed by atoms with Crippen LogP contribution in [0.15, 0.2) is 34.9 Å². The summed E-state index contributed by atoms with van der Waals surface area (Å²) in [7, 11) is 0. The summed E-state index contributed by atoms with van der Waals surface area (Å²) in [5.74, 6) is -1.96. The van der Waals surface area contributed by atoms with Gasteiger partial charge >= 0.3 is 5.97 Å². The van der Waals surface area contributed by atoms with Crippen LogP contribution in [0.2, 0.25) is 0 Å². The molecule has 0 aliphatic rings. The standard InChI is InChI=1S/C13H11FN2O5/c14-10-7-12(16(19)20)11(6-9(10)13(17)18)15-4-3-8-2-1-5-21-8/h1-2,5-7,15H,3-4H2,(H,17,18). The lowest BCUT2D eigenvalue weighted by atomic mass is 10.1. The van der Waals surface area contributed by atoms with E-state index in [4.69, 9.17) is 9.52 Å². The third kappa shape index (κ3) is 3.35. The summed E-state index contributed by atoms with van der Waals surface area (Å²) in [5, 5.41) is 22.4. The SMILES string of the molecule is O=C(O)c1cc(NCCc2ccco2)c([N+](=O)[O-])cc1F. The van der Waals surface area contributed by atoms with E-state index in [0.717, 1.165) is 6.07 Å². The monoisotopic (exact) mass is 294 g/mol. The molecule has 2 N–H and O–H groups in total. The van der Waals surface area contributed by atoms with Gasteiger partial charge in [0.05, 0.1) is 22.8 Å². The highest BCUT2D eigenvalue weighted by atomic mass is 19.1. The minimum Gasteiger partial charge on any atom is -0.478 e. The van der Waals surface area contributed by atoms with E-state index in [1.807, 2.05) is 0 Å². The zero-order valence-corrected chi connectivity index (χ0v) is 10.7. The maximum Gasteiger partial charge on any atom is 0.338 e. The number of furan rings is 1. The molecule has 1 aromatic carbocycles. The number of rotatable bonds is 6. The zero-order valence-electron chi connectivity index (χ0n) is 10.7. The summed E-state index contributed by atoms with van der Waals surface area (Å²) in [4.78, 5) is 21.0. The number of carbonyl (C=O) groups is 1. The van der Waals surface area contributed by atoms with E-state index in [9.17, 15) is 19.3 Å². The van der Waals surface area contributed by atoms with E-state index < -0.39 is 28.0 Å². The predicted molar refractivity (Wildman–Crippen MR) is 70.9 cm³/mol. The Hall–Kier alpha value is -2.90. The van der Waals surface area contributed by atoms with E-state index in [0.29, 0.717) is 18.2 Å². The zero-order chi connectivity index (χ0) is 15.4.